The van der Waals surface area contributed by atoms with Crippen molar-refractivity contribution in [3.63, 3.8) is 0 Å². The highest BCUT2D eigenvalue weighted by Crippen LogP contribution is 2.32. The zero-order chi connectivity index (χ0) is 22.7. The van der Waals surface area contributed by atoms with Crippen LogP contribution < -0.4 is 14.8 Å². The van der Waals surface area contributed by atoms with Crippen molar-refractivity contribution in [2.45, 2.75) is 18.7 Å². The van der Waals surface area contributed by atoms with Gasteiger partial charge in [-0.3, -0.25) is 4.79 Å². The summed E-state index contributed by atoms with van der Waals surface area (Å²) >= 11 is 0. The van der Waals surface area contributed by atoms with Crippen LogP contribution in [0.25, 0.3) is 0 Å². The van der Waals surface area contributed by atoms with Crippen molar-refractivity contribution < 1.29 is 22.7 Å². The highest BCUT2D eigenvalue weighted by molar-refractivity contribution is 7.88. The molecule has 1 amide bonds. The molecule has 0 bridgehead atoms. The quantitative estimate of drug-likeness (QED) is 0.711. The lowest BCUT2D eigenvalue weighted by Gasteiger charge is -2.31. The standard InChI is InChI=1S/C23H29N3O5S/c1-17(20-7-8-21-22(15-20)31-14-13-30-21)24-23(27)19-5-3-18(4-6-19)16-32(28,29)26-11-9-25(2)10-12-26/h3-8,15,17H,9-14,16H2,1-2H3,(H,24,27). The third kappa shape index (κ3) is 5.23. The van der Waals surface area contributed by atoms with Gasteiger partial charge in [0, 0.05) is 31.7 Å². The molecule has 2 aromatic rings. The smallest absolute Gasteiger partial charge is 0.251 e. The van der Waals surface area contributed by atoms with Crippen LogP contribution in [0.4, 0.5) is 0 Å². The first-order chi connectivity index (χ1) is 15.3. The Morgan fingerprint density at radius 2 is 1.66 bits per heavy atom. The minimum atomic E-state index is -3.37. The Bertz CT molecular complexity index is 1060. The number of nitrogens with zero attached hydrogens (tertiary/aromatic N) is 2. The molecule has 0 aliphatic carbocycles. The van der Waals surface area contributed by atoms with Gasteiger partial charge in [-0.05, 0) is 49.4 Å². The Balaban J connectivity index is 1.36. The molecule has 2 heterocycles. The van der Waals surface area contributed by atoms with Crippen molar-refractivity contribution in [3.8, 4) is 11.5 Å². The van der Waals surface area contributed by atoms with Gasteiger partial charge in [0.25, 0.3) is 5.91 Å². The number of nitrogens with one attached hydrogen (secondary N) is 1. The molecule has 1 unspecified atom stereocenters. The van der Waals surface area contributed by atoms with Gasteiger partial charge < -0.3 is 19.7 Å². The van der Waals surface area contributed by atoms with E-state index in [0.717, 1.165) is 18.7 Å². The summed E-state index contributed by atoms with van der Waals surface area (Å²) in [6, 6.07) is 12.2. The highest BCUT2D eigenvalue weighted by Gasteiger charge is 2.26. The van der Waals surface area contributed by atoms with Crippen molar-refractivity contribution in [1.82, 2.24) is 14.5 Å². The molecule has 1 atom stereocenters. The molecule has 0 saturated carbocycles. The minimum absolute atomic E-state index is 0.0633. The van der Waals surface area contributed by atoms with Crippen LogP contribution in [0.1, 0.15) is 34.5 Å². The molecule has 2 aliphatic rings. The van der Waals surface area contributed by atoms with Gasteiger partial charge in [0.2, 0.25) is 10.0 Å². The maximum atomic E-state index is 12.7. The largest absolute Gasteiger partial charge is 0.486 e. The first kappa shape index (κ1) is 22.6. The van der Waals surface area contributed by atoms with Crippen LogP contribution in [0.2, 0.25) is 0 Å². The van der Waals surface area contributed by atoms with E-state index in [0.29, 0.717) is 48.9 Å². The number of carbonyl (C=O) groups excluding carboxylic acids is 1. The fourth-order valence-corrected chi connectivity index (χ4v) is 5.33. The molecule has 2 aromatic carbocycles. The number of amides is 1. The van der Waals surface area contributed by atoms with Crippen molar-refractivity contribution in [2.24, 2.45) is 0 Å². The normalized spacial score (nSPS) is 18.2. The molecule has 8 nitrogen and oxygen atoms in total. The summed E-state index contributed by atoms with van der Waals surface area (Å²) in [4.78, 5) is 14.8. The Morgan fingerprint density at radius 1 is 1.00 bits per heavy atom. The van der Waals surface area contributed by atoms with Crippen molar-refractivity contribution in [1.29, 1.82) is 0 Å². The van der Waals surface area contributed by atoms with E-state index in [9.17, 15) is 13.2 Å². The van der Waals surface area contributed by atoms with E-state index in [-0.39, 0.29) is 17.7 Å². The average Bonchev–Trinajstić information content (AvgIpc) is 2.79. The third-order valence-electron chi connectivity index (χ3n) is 5.83. The number of sulfonamides is 1. The fourth-order valence-electron chi connectivity index (χ4n) is 3.81. The Kier molecular flexibility index (Phi) is 6.68. The number of rotatable bonds is 6. The fraction of sp³-hybridized carbons (Fsp3) is 0.435. The SMILES string of the molecule is CC(NC(=O)c1ccc(CS(=O)(=O)N2CCN(C)CC2)cc1)c1ccc2c(c1)OCCO2. The van der Waals surface area contributed by atoms with E-state index >= 15 is 0 Å². The monoisotopic (exact) mass is 459 g/mol. The Hall–Kier alpha value is -2.62. The molecule has 1 N–H and O–H groups in total. The highest BCUT2D eigenvalue weighted by atomic mass is 32.2. The molecule has 4 rings (SSSR count). The average molecular weight is 460 g/mol. The maximum absolute atomic E-state index is 12.7. The summed E-state index contributed by atoms with van der Waals surface area (Å²) in [6.45, 7) is 5.44. The van der Waals surface area contributed by atoms with Crippen LogP contribution in [0, 0.1) is 0 Å². The van der Waals surface area contributed by atoms with E-state index in [2.05, 4.69) is 10.2 Å². The van der Waals surface area contributed by atoms with E-state index in [1.807, 2.05) is 32.2 Å². The Labute approximate surface area is 189 Å². The van der Waals surface area contributed by atoms with Crippen LogP contribution in [0.15, 0.2) is 42.5 Å². The number of hydrogen-bond donors (Lipinski definition) is 1. The van der Waals surface area contributed by atoms with Gasteiger partial charge in [0.05, 0.1) is 11.8 Å². The molecule has 32 heavy (non-hydrogen) atoms. The van der Waals surface area contributed by atoms with Gasteiger partial charge >= 0.3 is 0 Å². The second-order valence-corrected chi connectivity index (χ2v) is 10.2. The molecular weight excluding hydrogens is 430 g/mol. The summed E-state index contributed by atoms with van der Waals surface area (Å²) in [5.74, 6) is 1.11. The number of ether oxygens (including phenoxy) is 2. The van der Waals surface area contributed by atoms with Gasteiger partial charge in [0.15, 0.2) is 11.5 Å². The summed E-state index contributed by atoms with van der Waals surface area (Å²) in [6.07, 6.45) is 0. The van der Waals surface area contributed by atoms with Crippen LogP contribution in [0.3, 0.4) is 0 Å². The molecule has 0 spiro atoms. The maximum Gasteiger partial charge on any atom is 0.251 e. The molecular formula is C23H29N3O5S. The Morgan fingerprint density at radius 3 is 2.34 bits per heavy atom. The minimum Gasteiger partial charge on any atom is -0.486 e. The van der Waals surface area contributed by atoms with Crippen molar-refractivity contribution >= 4 is 15.9 Å². The molecule has 1 fully saturated rings. The molecule has 1 saturated heterocycles. The van der Waals surface area contributed by atoms with E-state index in [1.54, 1.807) is 28.6 Å². The number of carbonyl (C=O) groups is 1. The lowest BCUT2D eigenvalue weighted by molar-refractivity contribution is 0.0939. The van der Waals surface area contributed by atoms with E-state index in [1.165, 1.54) is 0 Å². The van der Waals surface area contributed by atoms with E-state index in [4.69, 9.17) is 9.47 Å². The third-order valence-corrected chi connectivity index (χ3v) is 7.68. The summed E-state index contributed by atoms with van der Waals surface area (Å²) < 4.78 is 38.1. The number of likely N-dealkylation sites (N-methyl/N-ethyl adjacent to an activating group) is 1. The lowest BCUT2D eigenvalue weighted by Crippen LogP contribution is -2.47. The van der Waals surface area contributed by atoms with Gasteiger partial charge in [-0.15, -0.1) is 0 Å². The number of fused-ring (bicyclic) bond motifs is 1. The molecule has 0 radical (unpaired) electrons. The first-order valence-electron chi connectivity index (χ1n) is 10.8. The first-order valence-corrected chi connectivity index (χ1v) is 12.4. The number of benzene rings is 2. The summed E-state index contributed by atoms with van der Waals surface area (Å²) in [7, 11) is -1.38. The molecule has 172 valence electrons. The second kappa shape index (κ2) is 9.48. The van der Waals surface area contributed by atoms with Gasteiger partial charge in [0.1, 0.15) is 13.2 Å². The predicted octanol–water partition coefficient (Wildman–Crippen LogP) is 2.03. The number of hydrogen-bond acceptors (Lipinski definition) is 6. The second-order valence-electron chi connectivity index (χ2n) is 8.25. The van der Waals surface area contributed by atoms with Gasteiger partial charge in [-0.2, -0.15) is 4.31 Å². The van der Waals surface area contributed by atoms with E-state index < -0.39 is 10.0 Å². The van der Waals surface area contributed by atoms with Crippen LogP contribution in [-0.4, -0.2) is 70.0 Å². The zero-order valence-electron chi connectivity index (χ0n) is 18.4. The van der Waals surface area contributed by atoms with Gasteiger partial charge in [-0.25, -0.2) is 8.42 Å². The number of piperazine rings is 1. The molecule has 0 aromatic heterocycles. The molecule has 9 heteroatoms. The topological polar surface area (TPSA) is 88.2 Å². The van der Waals surface area contributed by atoms with Gasteiger partial charge in [-0.1, -0.05) is 18.2 Å². The summed E-state index contributed by atoms with van der Waals surface area (Å²) in [5, 5.41) is 2.98. The van der Waals surface area contributed by atoms with Crippen LogP contribution in [0.5, 0.6) is 11.5 Å². The molecule has 2 aliphatic heterocycles. The van der Waals surface area contributed by atoms with Crippen LogP contribution in [-0.2, 0) is 15.8 Å². The summed E-state index contributed by atoms with van der Waals surface area (Å²) in [5.41, 5.74) is 2.06. The predicted molar refractivity (Wildman–Crippen MR) is 121 cm³/mol. The zero-order valence-corrected chi connectivity index (χ0v) is 19.2. The lowest BCUT2D eigenvalue weighted by atomic mass is 10.1. The van der Waals surface area contributed by atoms with Crippen molar-refractivity contribution in [2.75, 3.05) is 46.4 Å². The van der Waals surface area contributed by atoms with Crippen LogP contribution >= 0.6 is 0 Å². The van der Waals surface area contributed by atoms with Crippen molar-refractivity contribution in [3.05, 3.63) is 59.2 Å².